The van der Waals surface area contributed by atoms with Crippen molar-refractivity contribution in [2.45, 2.75) is 19.4 Å². The molecule has 7 nitrogen and oxygen atoms in total. The van der Waals surface area contributed by atoms with Crippen LogP contribution in [0, 0.1) is 6.92 Å². The van der Waals surface area contributed by atoms with Gasteiger partial charge in [0.1, 0.15) is 11.3 Å². The van der Waals surface area contributed by atoms with Crippen LogP contribution in [0.3, 0.4) is 0 Å². The maximum atomic E-state index is 13.1. The number of aryl methyl sites for hydroxylation is 1. The standard InChI is InChI=1S/C23H16Cl2F3N5O2/c1-10-6-13-18-17(31-22(32-18)33-19-15(24)8-29-9-16(19)25)7-14(20(13)35-10)21(34)30-12-4-2-11(3-5-12)23(26,27)28/h2-9,22,31-32H,1H3,(H,29,33)(H,30,34). The van der Waals surface area contributed by atoms with Crippen molar-refractivity contribution in [1.29, 1.82) is 0 Å². The number of aromatic nitrogens is 1. The third kappa shape index (κ3) is 4.42. The number of rotatable bonds is 4. The predicted octanol–water partition coefficient (Wildman–Crippen LogP) is 6.95. The molecule has 1 aliphatic rings. The zero-order chi connectivity index (χ0) is 24.9. The van der Waals surface area contributed by atoms with Crippen molar-refractivity contribution in [3.8, 4) is 0 Å². The van der Waals surface area contributed by atoms with E-state index in [1.54, 1.807) is 19.1 Å². The quantitative estimate of drug-likeness (QED) is 0.232. The minimum Gasteiger partial charge on any atom is -0.460 e. The van der Waals surface area contributed by atoms with E-state index in [-0.39, 0.29) is 11.3 Å². The number of carbonyl (C=O) groups is 1. The lowest BCUT2D eigenvalue weighted by Gasteiger charge is -2.17. The van der Waals surface area contributed by atoms with Gasteiger partial charge in [-0.1, -0.05) is 23.2 Å². The number of halogens is 5. The monoisotopic (exact) mass is 521 g/mol. The molecule has 35 heavy (non-hydrogen) atoms. The SMILES string of the molecule is Cc1cc2c3c(cc(C(=O)Nc4ccc(C(F)(F)F)cc4)c2o1)NC(Nc1c(Cl)cncc1Cl)N3. The van der Waals surface area contributed by atoms with Gasteiger partial charge < -0.3 is 25.7 Å². The number of pyridine rings is 1. The van der Waals surface area contributed by atoms with E-state index in [0.717, 1.165) is 12.1 Å². The summed E-state index contributed by atoms with van der Waals surface area (Å²) in [5.41, 5.74) is 1.73. The molecule has 0 spiro atoms. The number of carbonyl (C=O) groups excluding carboxylic acids is 1. The van der Waals surface area contributed by atoms with Crippen LogP contribution in [0.1, 0.15) is 21.7 Å². The first kappa shape index (κ1) is 23.1. The topological polar surface area (TPSA) is 91.2 Å². The fraction of sp³-hybridized carbons (Fsp3) is 0.130. The fourth-order valence-corrected chi connectivity index (χ4v) is 4.28. The lowest BCUT2D eigenvalue weighted by atomic mass is 10.1. The highest BCUT2D eigenvalue weighted by atomic mass is 35.5. The van der Waals surface area contributed by atoms with Crippen LogP contribution in [0.4, 0.5) is 35.9 Å². The summed E-state index contributed by atoms with van der Waals surface area (Å²) < 4.78 is 44.3. The van der Waals surface area contributed by atoms with Gasteiger partial charge in [-0.25, -0.2) is 0 Å². The Labute approximate surface area is 206 Å². The van der Waals surface area contributed by atoms with Gasteiger partial charge in [-0.05, 0) is 43.3 Å². The molecule has 1 unspecified atom stereocenters. The molecule has 1 atom stereocenters. The zero-order valence-corrected chi connectivity index (χ0v) is 19.4. The van der Waals surface area contributed by atoms with E-state index in [1.807, 2.05) is 0 Å². The van der Waals surface area contributed by atoms with Crippen LogP contribution in [0.2, 0.25) is 10.0 Å². The van der Waals surface area contributed by atoms with Gasteiger partial charge in [-0.2, -0.15) is 13.2 Å². The Morgan fingerprint density at radius 1 is 1.09 bits per heavy atom. The molecule has 0 saturated heterocycles. The second kappa shape index (κ2) is 8.54. The minimum atomic E-state index is -4.46. The Morgan fingerprint density at radius 2 is 1.77 bits per heavy atom. The first-order valence-corrected chi connectivity index (χ1v) is 11.0. The van der Waals surface area contributed by atoms with Crippen LogP contribution in [0.15, 0.2) is 53.2 Å². The first-order valence-electron chi connectivity index (χ1n) is 10.2. The van der Waals surface area contributed by atoms with Crippen LogP contribution in [0.5, 0.6) is 0 Å². The van der Waals surface area contributed by atoms with Crippen molar-refractivity contribution in [3.05, 3.63) is 75.7 Å². The number of furan rings is 1. The number of hydrogen-bond acceptors (Lipinski definition) is 6. The minimum absolute atomic E-state index is 0.210. The summed E-state index contributed by atoms with van der Waals surface area (Å²) in [4.78, 5) is 17.0. The maximum absolute atomic E-state index is 13.1. The summed E-state index contributed by atoms with van der Waals surface area (Å²) in [6.45, 7) is 1.75. The zero-order valence-electron chi connectivity index (χ0n) is 17.8. The molecule has 4 aromatic rings. The Bertz CT molecular complexity index is 1430. The van der Waals surface area contributed by atoms with E-state index in [1.165, 1.54) is 24.5 Å². The first-order chi connectivity index (χ1) is 16.6. The molecule has 0 fully saturated rings. The smallest absolute Gasteiger partial charge is 0.416 e. The second-order valence-electron chi connectivity index (χ2n) is 7.82. The van der Waals surface area contributed by atoms with Gasteiger partial charge >= 0.3 is 6.18 Å². The molecule has 1 aliphatic heterocycles. The third-order valence-corrected chi connectivity index (χ3v) is 5.95. The number of nitrogens with one attached hydrogen (secondary N) is 4. The maximum Gasteiger partial charge on any atom is 0.416 e. The lowest BCUT2D eigenvalue weighted by Crippen LogP contribution is -2.31. The van der Waals surface area contributed by atoms with E-state index in [4.69, 9.17) is 27.6 Å². The lowest BCUT2D eigenvalue weighted by molar-refractivity contribution is -0.137. The molecule has 180 valence electrons. The highest BCUT2D eigenvalue weighted by Crippen LogP contribution is 2.41. The van der Waals surface area contributed by atoms with Gasteiger partial charge in [-0.15, -0.1) is 0 Å². The highest BCUT2D eigenvalue weighted by molar-refractivity contribution is 6.38. The molecular formula is C23H16Cl2F3N5O2. The van der Waals surface area contributed by atoms with E-state index in [9.17, 15) is 18.0 Å². The molecule has 2 aromatic carbocycles. The molecule has 1 amide bonds. The molecule has 5 rings (SSSR count). The average molecular weight is 522 g/mol. The number of nitrogens with zero attached hydrogens (tertiary/aromatic N) is 1. The van der Waals surface area contributed by atoms with Gasteiger partial charge in [0, 0.05) is 23.5 Å². The van der Waals surface area contributed by atoms with Crippen LogP contribution < -0.4 is 21.3 Å². The largest absolute Gasteiger partial charge is 0.460 e. The van der Waals surface area contributed by atoms with E-state index < -0.39 is 23.9 Å². The molecule has 4 N–H and O–H groups in total. The number of amides is 1. The summed E-state index contributed by atoms with van der Waals surface area (Å²) in [7, 11) is 0. The number of benzene rings is 2. The molecule has 3 heterocycles. The van der Waals surface area contributed by atoms with Gasteiger partial charge in [0.15, 0.2) is 6.29 Å². The molecular weight excluding hydrogens is 506 g/mol. The molecule has 0 radical (unpaired) electrons. The molecule has 12 heteroatoms. The van der Waals surface area contributed by atoms with E-state index >= 15 is 0 Å². The third-order valence-electron chi connectivity index (χ3n) is 5.37. The Kier molecular flexibility index (Phi) is 5.65. The molecule has 0 aliphatic carbocycles. The van der Waals surface area contributed by atoms with Gasteiger partial charge in [-0.3, -0.25) is 9.78 Å². The molecule has 0 bridgehead atoms. The molecule has 0 saturated carbocycles. The van der Waals surface area contributed by atoms with Crippen molar-refractivity contribution in [3.63, 3.8) is 0 Å². The van der Waals surface area contributed by atoms with Crippen LogP contribution in [0.25, 0.3) is 11.0 Å². The Hall–Kier alpha value is -3.63. The number of hydrogen-bond donors (Lipinski definition) is 4. The van der Waals surface area contributed by atoms with Crippen molar-refractivity contribution in [2.24, 2.45) is 0 Å². The normalized spacial score (nSPS) is 14.9. The predicted molar refractivity (Wildman–Crippen MR) is 129 cm³/mol. The summed E-state index contributed by atoms with van der Waals surface area (Å²) in [5.74, 6) is 0.0424. The van der Waals surface area contributed by atoms with Gasteiger partial charge in [0.25, 0.3) is 5.91 Å². The van der Waals surface area contributed by atoms with Crippen molar-refractivity contribution < 1.29 is 22.4 Å². The Balaban J connectivity index is 1.44. The van der Waals surface area contributed by atoms with Crippen molar-refractivity contribution >= 4 is 62.8 Å². The van der Waals surface area contributed by atoms with Gasteiger partial charge in [0.2, 0.25) is 0 Å². The number of alkyl halides is 3. The number of anilines is 4. The van der Waals surface area contributed by atoms with Crippen LogP contribution >= 0.6 is 23.2 Å². The van der Waals surface area contributed by atoms with E-state index in [0.29, 0.717) is 43.8 Å². The summed E-state index contributed by atoms with van der Waals surface area (Å²) in [5, 5.41) is 13.6. The fourth-order valence-electron chi connectivity index (χ4n) is 3.81. The van der Waals surface area contributed by atoms with Crippen molar-refractivity contribution in [1.82, 2.24) is 4.98 Å². The van der Waals surface area contributed by atoms with Crippen molar-refractivity contribution in [2.75, 3.05) is 21.3 Å². The van der Waals surface area contributed by atoms with Gasteiger partial charge in [0.05, 0.1) is 38.2 Å². The Morgan fingerprint density at radius 3 is 2.43 bits per heavy atom. The van der Waals surface area contributed by atoms with Crippen LogP contribution in [-0.4, -0.2) is 17.2 Å². The second-order valence-corrected chi connectivity index (χ2v) is 8.63. The summed E-state index contributed by atoms with van der Waals surface area (Å²) in [6, 6.07) is 7.59. The summed E-state index contributed by atoms with van der Waals surface area (Å²) in [6.07, 6.45) is -2.07. The van der Waals surface area contributed by atoms with Crippen LogP contribution in [-0.2, 0) is 6.18 Å². The summed E-state index contributed by atoms with van der Waals surface area (Å²) >= 11 is 12.4. The highest BCUT2D eigenvalue weighted by Gasteiger charge is 2.30. The van der Waals surface area contributed by atoms with E-state index in [2.05, 4.69) is 26.3 Å². The number of fused-ring (bicyclic) bond motifs is 3. The average Bonchev–Trinajstić information content (AvgIpc) is 3.38. The molecule has 2 aromatic heterocycles.